The first-order chi connectivity index (χ1) is 18.8. The van der Waals surface area contributed by atoms with Crippen LogP contribution in [0.15, 0.2) is 78.2 Å². The minimum Gasteiger partial charge on any atom is -0.352 e. The summed E-state index contributed by atoms with van der Waals surface area (Å²) in [5, 5.41) is 8.03. The van der Waals surface area contributed by atoms with E-state index in [1.54, 1.807) is 22.7 Å². The van der Waals surface area contributed by atoms with Crippen LogP contribution in [0, 0.1) is 11.8 Å². The van der Waals surface area contributed by atoms with Gasteiger partial charge in [-0.3, -0.25) is 9.59 Å². The first-order valence-electron chi connectivity index (χ1n) is 12.7. The smallest absolute Gasteiger partial charge is 0.352 e. The van der Waals surface area contributed by atoms with Gasteiger partial charge in [-0.15, -0.1) is 22.7 Å². The van der Waals surface area contributed by atoms with Crippen LogP contribution in [0.1, 0.15) is 35.3 Å². The maximum atomic E-state index is 13.0. The Morgan fingerprint density at radius 3 is 1.97 bits per heavy atom. The molecule has 4 nitrogen and oxygen atoms in total. The summed E-state index contributed by atoms with van der Waals surface area (Å²) in [4.78, 5) is 29.4. The molecule has 0 saturated heterocycles. The van der Waals surface area contributed by atoms with E-state index >= 15 is 0 Å². The zero-order valence-electron chi connectivity index (χ0n) is 21.0. The third-order valence-corrected chi connectivity index (χ3v) is 9.17. The molecule has 2 aromatic carbocycles. The molecular formula is C30H27F3N2O2S2. The minimum atomic E-state index is -4.36. The summed E-state index contributed by atoms with van der Waals surface area (Å²) in [5.41, 5.74) is 1.67. The first kappa shape index (κ1) is 27.1. The lowest BCUT2D eigenvalue weighted by molar-refractivity contribution is -0.137. The highest BCUT2D eigenvalue weighted by molar-refractivity contribution is 7.21. The number of nitrogens with one attached hydrogen (secondary N) is 2. The van der Waals surface area contributed by atoms with Crippen LogP contribution in [-0.4, -0.2) is 11.8 Å². The molecule has 2 amide bonds. The highest BCUT2D eigenvalue weighted by Crippen LogP contribution is 2.34. The number of hydrogen-bond acceptors (Lipinski definition) is 4. The number of carbonyl (C=O) groups is 2. The molecule has 4 aromatic rings. The molecule has 0 bridgehead atoms. The van der Waals surface area contributed by atoms with Crippen LogP contribution in [0.2, 0.25) is 0 Å². The van der Waals surface area contributed by atoms with Crippen LogP contribution < -0.4 is 10.6 Å². The lowest BCUT2D eigenvalue weighted by Gasteiger charge is -2.19. The normalized spacial score (nSPS) is 17.2. The van der Waals surface area contributed by atoms with Gasteiger partial charge in [0.1, 0.15) is 0 Å². The molecule has 39 heavy (non-hydrogen) atoms. The zero-order valence-corrected chi connectivity index (χ0v) is 22.6. The summed E-state index contributed by atoms with van der Waals surface area (Å²) in [5.74, 6) is -0.916. The van der Waals surface area contributed by atoms with E-state index < -0.39 is 11.7 Å². The molecule has 1 saturated carbocycles. The molecule has 202 valence electrons. The number of rotatable bonds is 8. The van der Waals surface area contributed by atoms with Crippen LogP contribution in [0.4, 0.5) is 13.2 Å². The highest BCUT2D eigenvalue weighted by Gasteiger charge is 2.37. The number of halogens is 3. The molecule has 1 unspecified atom stereocenters. The van der Waals surface area contributed by atoms with Crippen LogP contribution >= 0.6 is 22.7 Å². The van der Waals surface area contributed by atoms with Gasteiger partial charge in [0, 0.05) is 33.0 Å². The Balaban J connectivity index is 1.12. The predicted molar refractivity (Wildman–Crippen MR) is 149 cm³/mol. The minimum absolute atomic E-state index is 0.0837. The number of alkyl halides is 3. The van der Waals surface area contributed by atoms with E-state index in [1.807, 2.05) is 41.8 Å². The number of hydrogen-bond donors (Lipinski definition) is 2. The number of benzene rings is 2. The summed E-state index contributed by atoms with van der Waals surface area (Å²) in [6.45, 7) is 0.767. The van der Waals surface area contributed by atoms with Crippen LogP contribution in [0.3, 0.4) is 0 Å². The van der Waals surface area contributed by atoms with E-state index in [1.165, 1.54) is 21.9 Å². The second-order valence-electron chi connectivity index (χ2n) is 9.59. The maximum Gasteiger partial charge on any atom is 0.416 e. The summed E-state index contributed by atoms with van der Waals surface area (Å²) < 4.78 is 38.4. The molecule has 0 spiro atoms. The molecule has 1 fully saturated rings. The third kappa shape index (κ3) is 6.59. The van der Waals surface area contributed by atoms with Crippen molar-refractivity contribution in [1.29, 1.82) is 0 Å². The highest BCUT2D eigenvalue weighted by atomic mass is 32.1. The number of amides is 2. The SMILES string of the molecule is O=C(NCc1ccc(-c2cccs2)s1)C1CCC[C@H]1C(=O)NCc1ccc(-c2ccc(C(F)(F)F)cc2)cc1. The molecule has 0 aliphatic heterocycles. The van der Waals surface area contributed by atoms with Crippen molar-refractivity contribution in [3.8, 4) is 20.9 Å². The van der Waals surface area contributed by atoms with Crippen LogP contribution in [0.5, 0.6) is 0 Å². The Labute approximate surface area is 232 Å². The van der Waals surface area contributed by atoms with Crippen molar-refractivity contribution < 1.29 is 22.8 Å². The number of thiophene rings is 2. The van der Waals surface area contributed by atoms with Crippen molar-refractivity contribution >= 4 is 34.5 Å². The lowest BCUT2D eigenvalue weighted by atomic mass is 9.94. The Hall–Kier alpha value is -3.43. The van der Waals surface area contributed by atoms with E-state index in [0.29, 0.717) is 31.5 Å². The van der Waals surface area contributed by atoms with Gasteiger partial charge in [0.2, 0.25) is 11.8 Å². The van der Waals surface area contributed by atoms with Gasteiger partial charge < -0.3 is 10.6 Å². The lowest BCUT2D eigenvalue weighted by Crippen LogP contribution is -2.39. The van der Waals surface area contributed by atoms with E-state index in [4.69, 9.17) is 0 Å². The summed E-state index contributed by atoms with van der Waals surface area (Å²) in [7, 11) is 0. The van der Waals surface area contributed by atoms with Crippen molar-refractivity contribution in [2.75, 3.05) is 0 Å². The second kappa shape index (κ2) is 11.8. The Morgan fingerprint density at radius 1 is 0.769 bits per heavy atom. The molecule has 1 aliphatic rings. The Bertz CT molecular complexity index is 1410. The monoisotopic (exact) mass is 568 g/mol. The third-order valence-electron chi connectivity index (χ3n) is 7.02. The first-order valence-corrected chi connectivity index (χ1v) is 14.4. The summed E-state index contributed by atoms with van der Waals surface area (Å²) in [6.07, 6.45) is -2.16. The molecule has 2 heterocycles. The molecule has 0 radical (unpaired) electrons. The van der Waals surface area contributed by atoms with Crippen LogP contribution in [0.25, 0.3) is 20.9 Å². The van der Waals surface area contributed by atoms with Crippen molar-refractivity contribution in [3.63, 3.8) is 0 Å². The van der Waals surface area contributed by atoms with Gasteiger partial charge in [0.15, 0.2) is 0 Å². The Kier molecular flexibility index (Phi) is 8.18. The van der Waals surface area contributed by atoms with E-state index in [-0.39, 0.29) is 23.7 Å². The van der Waals surface area contributed by atoms with Crippen molar-refractivity contribution in [1.82, 2.24) is 10.6 Å². The summed E-state index contributed by atoms with van der Waals surface area (Å²) >= 11 is 3.35. The fraction of sp³-hybridized carbons (Fsp3) is 0.267. The topological polar surface area (TPSA) is 58.2 Å². The molecule has 2 atom stereocenters. The molecule has 2 aromatic heterocycles. The van der Waals surface area contributed by atoms with Gasteiger partial charge >= 0.3 is 6.18 Å². The van der Waals surface area contributed by atoms with E-state index in [9.17, 15) is 22.8 Å². The standard InChI is InChI=1S/C30H27F3N2O2S2/c31-30(32,33)22-12-10-21(11-13-22)20-8-6-19(7-9-20)17-34-28(36)24-3-1-4-25(24)29(37)35-18-23-14-15-27(39-23)26-5-2-16-38-26/h2,5-16,24-25H,1,3-4,17-18H2,(H,34,36)(H,35,37)/t24-,25?/m1/s1. The van der Waals surface area contributed by atoms with E-state index in [2.05, 4.69) is 22.8 Å². The van der Waals surface area contributed by atoms with Crippen molar-refractivity contribution in [2.45, 2.75) is 38.5 Å². The van der Waals surface area contributed by atoms with Crippen LogP contribution in [-0.2, 0) is 28.9 Å². The van der Waals surface area contributed by atoms with E-state index in [0.717, 1.165) is 34.6 Å². The maximum absolute atomic E-state index is 13.0. The van der Waals surface area contributed by atoms with Crippen molar-refractivity contribution in [3.05, 3.63) is 94.2 Å². The average Bonchev–Trinajstić information content (AvgIpc) is 3.72. The predicted octanol–water partition coefficient (Wildman–Crippen LogP) is 7.51. The van der Waals surface area contributed by atoms with Gasteiger partial charge in [-0.2, -0.15) is 13.2 Å². The molecular weight excluding hydrogens is 541 g/mol. The fourth-order valence-corrected chi connectivity index (χ4v) is 6.69. The second-order valence-corrected chi connectivity index (χ2v) is 11.7. The molecule has 2 N–H and O–H groups in total. The van der Waals surface area contributed by atoms with Gasteiger partial charge in [0.05, 0.1) is 12.1 Å². The Morgan fingerprint density at radius 2 is 1.38 bits per heavy atom. The zero-order chi connectivity index (χ0) is 27.4. The van der Waals surface area contributed by atoms with Gasteiger partial charge in [-0.1, -0.05) is 48.9 Å². The molecule has 5 rings (SSSR count). The largest absolute Gasteiger partial charge is 0.416 e. The van der Waals surface area contributed by atoms with Gasteiger partial charge in [-0.25, -0.2) is 0 Å². The van der Waals surface area contributed by atoms with Gasteiger partial charge in [-0.05, 0) is 65.2 Å². The van der Waals surface area contributed by atoms with Crippen molar-refractivity contribution in [2.24, 2.45) is 11.8 Å². The number of carbonyl (C=O) groups excluding carboxylic acids is 2. The molecule has 9 heteroatoms. The van der Waals surface area contributed by atoms with Gasteiger partial charge in [0.25, 0.3) is 0 Å². The average molecular weight is 569 g/mol. The summed E-state index contributed by atoms with van der Waals surface area (Å²) in [6, 6.07) is 20.6. The molecule has 1 aliphatic carbocycles. The quantitative estimate of drug-likeness (QED) is 0.231. The fourth-order valence-electron chi connectivity index (χ4n) is 4.90.